The Morgan fingerprint density at radius 3 is 2.46 bits per heavy atom. The second kappa shape index (κ2) is 7.25. The lowest BCUT2D eigenvalue weighted by Crippen LogP contribution is -2.26. The summed E-state index contributed by atoms with van der Waals surface area (Å²) in [6.07, 6.45) is 2.02. The number of rotatable bonds is 6. The second-order valence-electron chi connectivity index (χ2n) is 7.64. The van der Waals surface area contributed by atoms with Crippen molar-refractivity contribution in [3.8, 4) is 5.75 Å². The smallest absolute Gasteiger partial charge is 0.214 e. The van der Waals surface area contributed by atoms with E-state index in [0.29, 0.717) is 0 Å². The van der Waals surface area contributed by atoms with Gasteiger partial charge >= 0.3 is 0 Å². The highest BCUT2D eigenvalue weighted by Crippen LogP contribution is 2.27. The highest BCUT2D eigenvalue weighted by atomic mass is 32.1. The van der Waals surface area contributed by atoms with Crippen LogP contribution < -0.4 is 10.1 Å². The van der Waals surface area contributed by atoms with Gasteiger partial charge in [-0.25, -0.2) is 9.50 Å². The van der Waals surface area contributed by atoms with Gasteiger partial charge in [-0.2, -0.15) is 0 Å². The first-order chi connectivity index (χ1) is 12.3. The van der Waals surface area contributed by atoms with Crippen molar-refractivity contribution in [1.29, 1.82) is 0 Å². The lowest BCUT2D eigenvalue weighted by atomic mass is 9.93. The van der Waals surface area contributed by atoms with Crippen molar-refractivity contribution in [1.82, 2.24) is 19.5 Å². The van der Waals surface area contributed by atoms with Crippen molar-refractivity contribution in [2.24, 2.45) is 0 Å². The molecule has 2 aromatic heterocycles. The zero-order valence-electron chi connectivity index (χ0n) is 16.3. The van der Waals surface area contributed by atoms with E-state index in [4.69, 9.17) is 9.72 Å². The van der Waals surface area contributed by atoms with Gasteiger partial charge in [0.05, 0.1) is 25.0 Å². The van der Waals surface area contributed by atoms with E-state index in [1.165, 1.54) is 5.56 Å². The SMILES string of the molecule is COc1ccc([C@H](CNc2nn3cc(C(C)(C)C)nc3s2)N(C)C)cc1. The fourth-order valence-electron chi connectivity index (χ4n) is 2.74. The maximum absolute atomic E-state index is 5.25. The number of hydrogen-bond donors (Lipinski definition) is 1. The van der Waals surface area contributed by atoms with Crippen LogP contribution in [0.15, 0.2) is 30.5 Å². The number of hydrogen-bond acceptors (Lipinski definition) is 6. The third-order valence-electron chi connectivity index (χ3n) is 4.38. The summed E-state index contributed by atoms with van der Waals surface area (Å²) in [4.78, 5) is 7.82. The Morgan fingerprint density at radius 2 is 1.92 bits per heavy atom. The first-order valence-electron chi connectivity index (χ1n) is 8.69. The molecular formula is C19H27N5OS. The number of nitrogens with one attached hydrogen (secondary N) is 1. The molecule has 2 heterocycles. The average Bonchev–Trinajstić information content (AvgIpc) is 3.13. The van der Waals surface area contributed by atoms with E-state index in [1.807, 2.05) is 22.8 Å². The zero-order chi connectivity index (χ0) is 18.9. The summed E-state index contributed by atoms with van der Waals surface area (Å²) in [6, 6.07) is 8.45. The standard InChI is InChI=1S/C19H27N5OS/c1-19(2,3)16-12-24-18(21-16)26-17(22-24)20-11-15(23(4)5)13-7-9-14(25-6)10-8-13/h7-10,12,15H,11H2,1-6H3,(H,20,22)/t15-/m0/s1. The van der Waals surface area contributed by atoms with Crippen molar-refractivity contribution in [2.75, 3.05) is 33.1 Å². The van der Waals surface area contributed by atoms with Crippen LogP contribution in [0.5, 0.6) is 5.75 Å². The summed E-state index contributed by atoms with van der Waals surface area (Å²) in [7, 11) is 5.85. The van der Waals surface area contributed by atoms with Crippen LogP contribution in [0.3, 0.4) is 0 Å². The topological polar surface area (TPSA) is 54.7 Å². The maximum Gasteiger partial charge on any atom is 0.214 e. The predicted octanol–water partition coefficient (Wildman–Crippen LogP) is 3.81. The van der Waals surface area contributed by atoms with Crippen LogP contribution in [0.4, 0.5) is 5.13 Å². The van der Waals surface area contributed by atoms with E-state index >= 15 is 0 Å². The second-order valence-corrected chi connectivity index (χ2v) is 8.60. The zero-order valence-corrected chi connectivity index (χ0v) is 17.1. The number of fused-ring (bicyclic) bond motifs is 1. The molecule has 0 saturated heterocycles. The summed E-state index contributed by atoms with van der Waals surface area (Å²) in [5, 5.41) is 8.97. The normalized spacial score (nSPS) is 13.3. The minimum absolute atomic E-state index is 0.0331. The number of imidazole rings is 1. The summed E-state index contributed by atoms with van der Waals surface area (Å²) in [5.41, 5.74) is 2.33. The number of aromatic nitrogens is 3. The first kappa shape index (κ1) is 18.7. The lowest BCUT2D eigenvalue weighted by molar-refractivity contribution is 0.311. The van der Waals surface area contributed by atoms with Crippen LogP contribution in [0, 0.1) is 0 Å². The fraction of sp³-hybridized carbons (Fsp3) is 0.474. The Morgan fingerprint density at radius 1 is 1.23 bits per heavy atom. The van der Waals surface area contributed by atoms with Gasteiger partial charge in [-0.3, -0.25) is 0 Å². The summed E-state index contributed by atoms with van der Waals surface area (Å²) in [5.74, 6) is 0.870. The Kier molecular flexibility index (Phi) is 5.20. The van der Waals surface area contributed by atoms with Crippen LogP contribution in [-0.4, -0.2) is 47.2 Å². The van der Waals surface area contributed by atoms with Crippen LogP contribution >= 0.6 is 11.3 Å². The van der Waals surface area contributed by atoms with Crippen molar-refractivity contribution in [3.05, 3.63) is 41.7 Å². The number of benzene rings is 1. The number of ether oxygens (including phenoxy) is 1. The van der Waals surface area contributed by atoms with Gasteiger partial charge in [0.25, 0.3) is 0 Å². The number of nitrogens with zero attached hydrogens (tertiary/aromatic N) is 4. The van der Waals surface area contributed by atoms with Gasteiger partial charge in [0.1, 0.15) is 5.75 Å². The van der Waals surface area contributed by atoms with Crippen LogP contribution in [-0.2, 0) is 5.41 Å². The van der Waals surface area contributed by atoms with Gasteiger partial charge in [-0.05, 0) is 31.8 Å². The third-order valence-corrected chi connectivity index (χ3v) is 5.26. The van der Waals surface area contributed by atoms with Crippen molar-refractivity contribution in [3.63, 3.8) is 0 Å². The minimum Gasteiger partial charge on any atom is -0.497 e. The molecule has 0 saturated carbocycles. The van der Waals surface area contributed by atoms with E-state index in [9.17, 15) is 0 Å². The molecule has 0 aliphatic heterocycles. The molecule has 7 heteroatoms. The van der Waals surface area contributed by atoms with E-state index in [2.05, 4.69) is 62.3 Å². The molecule has 0 amide bonds. The van der Waals surface area contributed by atoms with Gasteiger partial charge in [0.15, 0.2) is 0 Å². The van der Waals surface area contributed by atoms with Crippen molar-refractivity contribution >= 4 is 21.4 Å². The van der Waals surface area contributed by atoms with Crippen LogP contribution in [0.25, 0.3) is 4.96 Å². The Bertz CT molecular complexity index is 829. The molecule has 0 bridgehead atoms. The number of methoxy groups -OCH3 is 1. The van der Waals surface area contributed by atoms with Gasteiger partial charge < -0.3 is 15.0 Å². The lowest BCUT2D eigenvalue weighted by Gasteiger charge is -2.25. The predicted molar refractivity (Wildman–Crippen MR) is 107 cm³/mol. The molecule has 1 atom stereocenters. The molecule has 0 fully saturated rings. The third kappa shape index (κ3) is 3.99. The molecule has 1 N–H and O–H groups in total. The van der Waals surface area contributed by atoms with Crippen LogP contribution in [0.2, 0.25) is 0 Å². The Balaban J connectivity index is 1.72. The highest BCUT2D eigenvalue weighted by molar-refractivity contribution is 7.20. The molecule has 3 rings (SSSR count). The molecule has 0 radical (unpaired) electrons. The minimum atomic E-state index is 0.0331. The quantitative estimate of drug-likeness (QED) is 0.712. The van der Waals surface area contributed by atoms with Crippen molar-refractivity contribution in [2.45, 2.75) is 32.2 Å². The van der Waals surface area contributed by atoms with Crippen LogP contribution in [0.1, 0.15) is 38.1 Å². The van der Waals surface area contributed by atoms with Gasteiger partial charge in [0, 0.05) is 12.0 Å². The van der Waals surface area contributed by atoms with Gasteiger partial charge in [0.2, 0.25) is 10.1 Å². The molecule has 6 nitrogen and oxygen atoms in total. The summed E-state index contributed by atoms with van der Waals surface area (Å²) >= 11 is 1.58. The molecule has 1 aromatic carbocycles. The Hall–Kier alpha value is -2.12. The number of anilines is 1. The molecule has 3 aromatic rings. The molecular weight excluding hydrogens is 346 g/mol. The summed E-state index contributed by atoms with van der Waals surface area (Å²) < 4.78 is 7.12. The van der Waals surface area contributed by atoms with E-state index in [0.717, 1.165) is 28.1 Å². The summed E-state index contributed by atoms with van der Waals surface area (Å²) in [6.45, 7) is 7.25. The van der Waals surface area contributed by atoms with E-state index in [-0.39, 0.29) is 11.5 Å². The Labute approximate surface area is 158 Å². The molecule has 140 valence electrons. The number of likely N-dealkylation sites (N-methyl/N-ethyl adjacent to an activating group) is 1. The van der Waals surface area contributed by atoms with Crippen molar-refractivity contribution < 1.29 is 4.74 Å². The van der Waals surface area contributed by atoms with E-state index in [1.54, 1.807) is 18.4 Å². The first-order valence-corrected chi connectivity index (χ1v) is 9.50. The fourth-order valence-corrected chi connectivity index (χ4v) is 3.53. The highest BCUT2D eigenvalue weighted by Gasteiger charge is 2.20. The molecule has 0 unspecified atom stereocenters. The maximum atomic E-state index is 5.25. The monoisotopic (exact) mass is 373 g/mol. The van der Waals surface area contributed by atoms with E-state index < -0.39 is 0 Å². The molecule has 0 aliphatic carbocycles. The molecule has 26 heavy (non-hydrogen) atoms. The molecule has 0 spiro atoms. The average molecular weight is 374 g/mol. The molecule has 0 aliphatic rings. The largest absolute Gasteiger partial charge is 0.497 e. The van der Waals surface area contributed by atoms with Gasteiger partial charge in [-0.1, -0.05) is 44.2 Å². The van der Waals surface area contributed by atoms with Gasteiger partial charge in [-0.15, -0.1) is 5.10 Å².